The molecule has 3 aromatic rings. The zero-order chi connectivity index (χ0) is 19.2. The van der Waals surface area contributed by atoms with Gasteiger partial charge in [-0.25, -0.2) is 0 Å². The molecule has 0 radical (unpaired) electrons. The summed E-state index contributed by atoms with van der Waals surface area (Å²) in [5.41, 5.74) is 2.75. The van der Waals surface area contributed by atoms with Crippen LogP contribution in [0.4, 0.5) is 5.69 Å². The first-order valence-electron chi connectivity index (χ1n) is 8.57. The van der Waals surface area contributed by atoms with E-state index in [1.807, 2.05) is 19.1 Å². The fraction of sp³-hybridized carbons (Fsp3) is 0.136. The zero-order valence-corrected chi connectivity index (χ0v) is 15.0. The Hall–Kier alpha value is -3.47. The zero-order valence-electron chi connectivity index (χ0n) is 15.0. The standard InChI is InChI=1S/C22H19NO4/c1-13-19(27-2)12-11-18-20(13)23-21(26)22(18,14-3-7-16(24)8-4-14)15-5-9-17(25)10-6-15/h3-12,24-25H,1-2H3,(H,23,26). The van der Waals surface area contributed by atoms with Crippen molar-refractivity contribution in [2.24, 2.45) is 0 Å². The molecule has 1 aliphatic rings. The summed E-state index contributed by atoms with van der Waals surface area (Å²) < 4.78 is 5.40. The summed E-state index contributed by atoms with van der Waals surface area (Å²) in [7, 11) is 1.60. The number of nitrogens with one attached hydrogen (secondary N) is 1. The van der Waals surface area contributed by atoms with Gasteiger partial charge in [0, 0.05) is 11.1 Å². The van der Waals surface area contributed by atoms with Crippen molar-refractivity contribution in [1.82, 2.24) is 0 Å². The van der Waals surface area contributed by atoms with Crippen LogP contribution < -0.4 is 10.1 Å². The number of methoxy groups -OCH3 is 1. The molecular formula is C22H19NO4. The lowest BCUT2D eigenvalue weighted by Crippen LogP contribution is -2.36. The van der Waals surface area contributed by atoms with Gasteiger partial charge < -0.3 is 20.3 Å². The van der Waals surface area contributed by atoms with E-state index in [1.165, 1.54) is 0 Å². The van der Waals surface area contributed by atoms with Gasteiger partial charge in [-0.2, -0.15) is 0 Å². The smallest absolute Gasteiger partial charge is 0.244 e. The van der Waals surface area contributed by atoms with Crippen LogP contribution in [0.1, 0.15) is 22.3 Å². The maximum Gasteiger partial charge on any atom is 0.244 e. The molecule has 27 heavy (non-hydrogen) atoms. The van der Waals surface area contributed by atoms with E-state index in [-0.39, 0.29) is 17.4 Å². The van der Waals surface area contributed by atoms with Crippen LogP contribution in [0, 0.1) is 6.92 Å². The highest BCUT2D eigenvalue weighted by Gasteiger charge is 2.50. The van der Waals surface area contributed by atoms with Gasteiger partial charge in [0.15, 0.2) is 0 Å². The van der Waals surface area contributed by atoms with Crippen LogP contribution in [0.2, 0.25) is 0 Å². The van der Waals surface area contributed by atoms with Gasteiger partial charge >= 0.3 is 0 Å². The third kappa shape index (κ3) is 2.35. The summed E-state index contributed by atoms with van der Waals surface area (Å²) in [5, 5.41) is 22.4. The Labute approximate surface area is 156 Å². The number of hydrogen-bond acceptors (Lipinski definition) is 4. The lowest BCUT2D eigenvalue weighted by Gasteiger charge is -2.29. The maximum absolute atomic E-state index is 13.4. The van der Waals surface area contributed by atoms with Gasteiger partial charge in [-0.15, -0.1) is 0 Å². The molecule has 5 nitrogen and oxygen atoms in total. The number of anilines is 1. The molecule has 0 saturated carbocycles. The molecule has 136 valence electrons. The first-order valence-corrected chi connectivity index (χ1v) is 8.57. The van der Waals surface area contributed by atoms with E-state index in [4.69, 9.17) is 4.74 Å². The SMILES string of the molecule is COc1ccc2c(c1C)NC(=O)C2(c1ccc(O)cc1)c1ccc(O)cc1. The van der Waals surface area contributed by atoms with Crippen LogP contribution in [0.3, 0.4) is 0 Å². The lowest BCUT2D eigenvalue weighted by atomic mass is 9.70. The predicted molar refractivity (Wildman–Crippen MR) is 102 cm³/mol. The summed E-state index contributed by atoms with van der Waals surface area (Å²) in [6.07, 6.45) is 0. The highest BCUT2D eigenvalue weighted by atomic mass is 16.5. The van der Waals surface area contributed by atoms with E-state index < -0.39 is 5.41 Å². The van der Waals surface area contributed by atoms with Crippen LogP contribution in [0.15, 0.2) is 60.7 Å². The number of carbonyl (C=O) groups excluding carboxylic acids is 1. The number of carbonyl (C=O) groups is 1. The van der Waals surface area contributed by atoms with E-state index in [9.17, 15) is 15.0 Å². The summed E-state index contributed by atoms with van der Waals surface area (Å²) >= 11 is 0. The third-order valence-corrected chi connectivity index (χ3v) is 5.22. The Balaban J connectivity index is 2.06. The number of fused-ring (bicyclic) bond motifs is 1. The second-order valence-electron chi connectivity index (χ2n) is 6.61. The second kappa shape index (κ2) is 6.06. The number of phenols is 2. The van der Waals surface area contributed by atoms with Gasteiger partial charge in [0.25, 0.3) is 0 Å². The van der Waals surface area contributed by atoms with Crippen LogP contribution in [0.5, 0.6) is 17.2 Å². The maximum atomic E-state index is 13.4. The van der Waals surface area contributed by atoms with E-state index in [0.29, 0.717) is 5.75 Å². The van der Waals surface area contributed by atoms with Crippen molar-refractivity contribution >= 4 is 11.6 Å². The molecular weight excluding hydrogens is 342 g/mol. The molecule has 5 heteroatoms. The predicted octanol–water partition coefficient (Wildman–Crippen LogP) is 3.70. The minimum Gasteiger partial charge on any atom is -0.508 e. The summed E-state index contributed by atoms with van der Waals surface area (Å²) in [4.78, 5) is 13.4. The van der Waals surface area contributed by atoms with Gasteiger partial charge in [0.1, 0.15) is 22.7 Å². The first-order chi connectivity index (χ1) is 13.0. The Bertz CT molecular complexity index is 978. The fourth-order valence-corrected chi connectivity index (χ4v) is 3.88. The second-order valence-corrected chi connectivity index (χ2v) is 6.61. The topological polar surface area (TPSA) is 78.8 Å². The minimum atomic E-state index is -1.09. The number of amides is 1. The normalized spacial score (nSPS) is 14.5. The molecule has 0 atom stereocenters. The molecule has 0 fully saturated rings. The van der Waals surface area contributed by atoms with E-state index in [1.54, 1.807) is 55.6 Å². The molecule has 0 spiro atoms. The van der Waals surface area contributed by atoms with E-state index in [0.717, 1.165) is 27.9 Å². The van der Waals surface area contributed by atoms with E-state index >= 15 is 0 Å². The Morgan fingerprint density at radius 3 is 1.85 bits per heavy atom. The average molecular weight is 361 g/mol. The van der Waals surface area contributed by atoms with Crippen molar-refractivity contribution in [1.29, 1.82) is 0 Å². The molecule has 3 N–H and O–H groups in total. The van der Waals surface area contributed by atoms with Crippen molar-refractivity contribution in [3.63, 3.8) is 0 Å². The molecule has 0 aromatic heterocycles. The first kappa shape index (κ1) is 17.0. The number of ether oxygens (including phenoxy) is 1. The monoisotopic (exact) mass is 361 g/mol. The summed E-state index contributed by atoms with van der Waals surface area (Å²) in [5.74, 6) is 0.764. The molecule has 3 aromatic carbocycles. The Kier molecular flexibility index (Phi) is 3.81. The molecule has 4 rings (SSSR count). The van der Waals surface area contributed by atoms with Gasteiger partial charge in [0.2, 0.25) is 5.91 Å². The quantitative estimate of drug-likeness (QED) is 0.665. The summed E-state index contributed by atoms with van der Waals surface area (Å²) in [6, 6.07) is 17.0. The highest BCUT2D eigenvalue weighted by molar-refractivity contribution is 6.12. The van der Waals surface area contributed by atoms with Crippen molar-refractivity contribution < 1.29 is 19.7 Å². The molecule has 1 aliphatic heterocycles. The molecule has 0 bridgehead atoms. The molecule has 0 unspecified atom stereocenters. The lowest BCUT2D eigenvalue weighted by molar-refractivity contribution is -0.118. The van der Waals surface area contributed by atoms with Crippen molar-refractivity contribution in [2.45, 2.75) is 12.3 Å². The van der Waals surface area contributed by atoms with Crippen molar-refractivity contribution in [3.05, 3.63) is 82.9 Å². The average Bonchev–Trinajstić information content (AvgIpc) is 2.97. The number of rotatable bonds is 3. The highest BCUT2D eigenvalue weighted by Crippen LogP contribution is 2.50. The third-order valence-electron chi connectivity index (χ3n) is 5.22. The van der Waals surface area contributed by atoms with Gasteiger partial charge in [-0.1, -0.05) is 30.3 Å². The van der Waals surface area contributed by atoms with Gasteiger partial charge in [-0.05, 0) is 48.4 Å². The van der Waals surface area contributed by atoms with Crippen LogP contribution in [0.25, 0.3) is 0 Å². The molecule has 1 amide bonds. The van der Waals surface area contributed by atoms with Crippen LogP contribution in [-0.2, 0) is 10.2 Å². The van der Waals surface area contributed by atoms with Crippen LogP contribution in [-0.4, -0.2) is 23.2 Å². The largest absolute Gasteiger partial charge is 0.508 e. The minimum absolute atomic E-state index is 0.129. The number of aromatic hydroxyl groups is 2. The van der Waals surface area contributed by atoms with Gasteiger partial charge in [0.05, 0.1) is 12.8 Å². The fourth-order valence-electron chi connectivity index (χ4n) is 3.88. The summed E-state index contributed by atoms with van der Waals surface area (Å²) in [6.45, 7) is 1.90. The van der Waals surface area contributed by atoms with Crippen molar-refractivity contribution in [3.8, 4) is 17.2 Å². The van der Waals surface area contributed by atoms with Gasteiger partial charge in [-0.3, -0.25) is 4.79 Å². The molecule has 0 saturated heterocycles. The number of phenolic OH excluding ortho intramolecular Hbond substituents is 2. The molecule has 0 aliphatic carbocycles. The Morgan fingerprint density at radius 2 is 1.37 bits per heavy atom. The van der Waals surface area contributed by atoms with Crippen LogP contribution >= 0.6 is 0 Å². The molecule has 1 heterocycles. The number of hydrogen-bond donors (Lipinski definition) is 3. The number of benzene rings is 3. The van der Waals surface area contributed by atoms with Crippen molar-refractivity contribution in [2.75, 3.05) is 12.4 Å². The Morgan fingerprint density at radius 1 is 0.852 bits per heavy atom. The van der Waals surface area contributed by atoms with E-state index in [2.05, 4.69) is 5.32 Å².